The maximum absolute atomic E-state index is 12.8. The van der Waals surface area contributed by atoms with Gasteiger partial charge in [-0.1, -0.05) is 24.3 Å². The Bertz CT molecular complexity index is 1420. The lowest BCUT2D eigenvalue weighted by Gasteiger charge is -2.11. The SMILES string of the molecule is COc1ccccc1-n1c(=O)[nH]c2c(C(N)=O)nc(-c3cccc(C(=O)O)c3C)nc21. The Labute approximate surface area is 174 Å². The number of nitrogens with one attached hydrogen (secondary N) is 1. The Morgan fingerprint density at radius 2 is 1.87 bits per heavy atom. The molecule has 0 unspecified atom stereocenters. The van der Waals surface area contributed by atoms with Crippen LogP contribution in [0.1, 0.15) is 26.4 Å². The van der Waals surface area contributed by atoms with Gasteiger partial charge in [-0.25, -0.2) is 24.1 Å². The zero-order chi connectivity index (χ0) is 22.3. The number of imidazole rings is 1. The Morgan fingerprint density at radius 1 is 1.13 bits per heavy atom. The predicted molar refractivity (Wildman–Crippen MR) is 112 cm³/mol. The van der Waals surface area contributed by atoms with Crippen molar-refractivity contribution in [2.45, 2.75) is 6.92 Å². The molecule has 31 heavy (non-hydrogen) atoms. The molecule has 0 fully saturated rings. The van der Waals surface area contributed by atoms with Crippen LogP contribution in [0.25, 0.3) is 28.2 Å². The third-order valence-corrected chi connectivity index (χ3v) is 4.90. The number of hydrogen-bond acceptors (Lipinski definition) is 6. The first kappa shape index (κ1) is 19.8. The van der Waals surface area contributed by atoms with E-state index in [-0.39, 0.29) is 28.2 Å². The highest BCUT2D eigenvalue weighted by atomic mass is 16.5. The van der Waals surface area contributed by atoms with Crippen molar-refractivity contribution in [1.82, 2.24) is 19.5 Å². The molecule has 156 valence electrons. The number of primary amides is 1. The fraction of sp³-hybridized carbons (Fsp3) is 0.0952. The predicted octanol–water partition coefficient (Wildman–Crippen LogP) is 1.89. The molecule has 0 aliphatic carbocycles. The number of nitrogens with two attached hydrogens (primary N) is 1. The molecule has 10 heteroatoms. The maximum atomic E-state index is 12.8. The lowest BCUT2D eigenvalue weighted by molar-refractivity contribution is 0.0696. The minimum Gasteiger partial charge on any atom is -0.495 e. The van der Waals surface area contributed by atoms with Crippen molar-refractivity contribution < 1.29 is 19.4 Å². The first-order valence-corrected chi connectivity index (χ1v) is 9.12. The average Bonchev–Trinajstić information content (AvgIpc) is 3.08. The number of aromatic nitrogens is 4. The number of carbonyl (C=O) groups excluding carboxylic acids is 1. The number of methoxy groups -OCH3 is 1. The van der Waals surface area contributed by atoms with Gasteiger partial charge in [-0.05, 0) is 30.7 Å². The van der Waals surface area contributed by atoms with Gasteiger partial charge in [0.1, 0.15) is 11.3 Å². The van der Waals surface area contributed by atoms with Gasteiger partial charge in [0.05, 0.1) is 18.4 Å². The van der Waals surface area contributed by atoms with Gasteiger partial charge in [-0.3, -0.25) is 4.79 Å². The number of rotatable bonds is 5. The molecule has 4 N–H and O–H groups in total. The van der Waals surface area contributed by atoms with Crippen molar-refractivity contribution in [3.05, 3.63) is 69.8 Å². The Morgan fingerprint density at radius 3 is 2.55 bits per heavy atom. The number of carbonyl (C=O) groups is 2. The summed E-state index contributed by atoms with van der Waals surface area (Å²) in [6, 6.07) is 11.4. The number of carboxylic acids is 1. The number of aromatic amines is 1. The number of hydrogen-bond donors (Lipinski definition) is 3. The van der Waals surface area contributed by atoms with Crippen molar-refractivity contribution in [2.24, 2.45) is 5.73 Å². The molecule has 0 saturated heterocycles. The first-order valence-electron chi connectivity index (χ1n) is 9.12. The van der Waals surface area contributed by atoms with Crippen LogP contribution >= 0.6 is 0 Å². The highest BCUT2D eigenvalue weighted by Gasteiger charge is 2.23. The summed E-state index contributed by atoms with van der Waals surface area (Å²) in [5, 5.41) is 9.43. The molecule has 4 aromatic rings. The van der Waals surface area contributed by atoms with Crippen LogP contribution in [-0.4, -0.2) is 43.6 Å². The molecule has 0 aliphatic heterocycles. The standard InChI is InChI=1S/C21H17N5O5/c1-10-11(6-5-7-12(10)20(28)29)18-23-15(17(22)27)16-19(25-18)26(21(30)24-16)13-8-3-4-9-14(13)31-2/h3-9H,1-2H3,(H2,22,27)(H,24,30)(H,28,29). The summed E-state index contributed by atoms with van der Waals surface area (Å²) in [6.07, 6.45) is 0. The van der Waals surface area contributed by atoms with Crippen LogP contribution in [0, 0.1) is 6.92 Å². The molecular formula is C21H17N5O5. The van der Waals surface area contributed by atoms with Crippen molar-refractivity contribution in [2.75, 3.05) is 7.11 Å². The van der Waals surface area contributed by atoms with E-state index in [1.54, 1.807) is 43.3 Å². The third-order valence-electron chi connectivity index (χ3n) is 4.90. The number of fused-ring (bicyclic) bond motifs is 1. The molecular weight excluding hydrogens is 402 g/mol. The van der Waals surface area contributed by atoms with Crippen LogP contribution in [0.15, 0.2) is 47.3 Å². The third kappa shape index (κ3) is 3.19. The van der Waals surface area contributed by atoms with Gasteiger partial charge < -0.3 is 20.6 Å². The second-order valence-electron chi connectivity index (χ2n) is 6.68. The second-order valence-corrected chi connectivity index (χ2v) is 6.68. The molecule has 0 atom stereocenters. The Hall–Kier alpha value is -4.47. The summed E-state index contributed by atoms with van der Waals surface area (Å²) >= 11 is 0. The van der Waals surface area contributed by atoms with Crippen molar-refractivity contribution in [3.8, 4) is 22.8 Å². The maximum Gasteiger partial charge on any atom is 0.335 e. The van der Waals surface area contributed by atoms with Gasteiger partial charge in [-0.15, -0.1) is 0 Å². The molecule has 0 saturated carbocycles. The van der Waals surface area contributed by atoms with E-state index in [1.807, 2.05) is 0 Å². The van der Waals surface area contributed by atoms with Crippen LogP contribution in [0.5, 0.6) is 5.75 Å². The van der Waals surface area contributed by atoms with Gasteiger partial charge in [-0.2, -0.15) is 0 Å². The molecule has 0 spiro atoms. The van der Waals surface area contributed by atoms with E-state index in [0.29, 0.717) is 22.6 Å². The normalized spacial score (nSPS) is 10.9. The highest BCUT2D eigenvalue weighted by molar-refractivity contribution is 6.02. The average molecular weight is 419 g/mol. The summed E-state index contributed by atoms with van der Waals surface area (Å²) in [7, 11) is 1.47. The highest BCUT2D eigenvalue weighted by Crippen LogP contribution is 2.28. The van der Waals surface area contributed by atoms with Crippen LogP contribution in [0.2, 0.25) is 0 Å². The zero-order valence-electron chi connectivity index (χ0n) is 16.5. The quantitative estimate of drug-likeness (QED) is 0.446. The number of aromatic carboxylic acids is 1. The first-order chi connectivity index (χ1) is 14.8. The summed E-state index contributed by atoms with van der Waals surface area (Å²) in [5.74, 6) is -1.50. The van der Waals surface area contributed by atoms with E-state index in [1.165, 1.54) is 17.7 Å². The number of carboxylic acid groups (broad SMARTS) is 1. The van der Waals surface area contributed by atoms with Crippen LogP contribution in [0.3, 0.4) is 0 Å². The largest absolute Gasteiger partial charge is 0.495 e. The van der Waals surface area contributed by atoms with Gasteiger partial charge in [0.15, 0.2) is 17.2 Å². The lowest BCUT2D eigenvalue weighted by Crippen LogP contribution is -2.16. The minimum absolute atomic E-state index is 0.0598. The van der Waals surface area contributed by atoms with Gasteiger partial charge in [0, 0.05) is 5.56 Å². The number of H-pyrrole nitrogens is 1. The van der Waals surface area contributed by atoms with E-state index < -0.39 is 17.6 Å². The zero-order valence-corrected chi connectivity index (χ0v) is 16.5. The van der Waals surface area contributed by atoms with Crippen LogP contribution in [-0.2, 0) is 0 Å². The van der Waals surface area contributed by atoms with Gasteiger partial charge >= 0.3 is 11.7 Å². The molecule has 4 rings (SSSR count). The molecule has 0 radical (unpaired) electrons. The number of ether oxygens (including phenoxy) is 1. The number of benzene rings is 2. The lowest BCUT2D eigenvalue weighted by atomic mass is 10.0. The number of para-hydroxylation sites is 2. The topological polar surface area (TPSA) is 153 Å². The molecule has 10 nitrogen and oxygen atoms in total. The molecule has 2 aromatic heterocycles. The molecule has 2 aromatic carbocycles. The van der Waals surface area contributed by atoms with Crippen LogP contribution in [0.4, 0.5) is 0 Å². The van der Waals surface area contributed by atoms with Crippen LogP contribution < -0.4 is 16.2 Å². The van der Waals surface area contributed by atoms with E-state index >= 15 is 0 Å². The number of amides is 1. The molecule has 1 amide bonds. The summed E-state index contributed by atoms with van der Waals surface area (Å²) in [6.45, 7) is 1.61. The fourth-order valence-corrected chi connectivity index (χ4v) is 3.43. The van der Waals surface area contributed by atoms with Crippen molar-refractivity contribution in [1.29, 1.82) is 0 Å². The Balaban J connectivity index is 2.10. The van der Waals surface area contributed by atoms with E-state index in [2.05, 4.69) is 15.0 Å². The smallest absolute Gasteiger partial charge is 0.335 e. The van der Waals surface area contributed by atoms with Gasteiger partial charge in [0.25, 0.3) is 5.91 Å². The second kappa shape index (κ2) is 7.41. The number of nitrogens with zero attached hydrogens (tertiary/aromatic N) is 3. The van der Waals surface area contributed by atoms with Crippen molar-refractivity contribution >= 4 is 23.0 Å². The monoisotopic (exact) mass is 419 g/mol. The molecule has 0 bridgehead atoms. The van der Waals surface area contributed by atoms with Gasteiger partial charge in [0.2, 0.25) is 0 Å². The van der Waals surface area contributed by atoms with E-state index in [0.717, 1.165) is 0 Å². The minimum atomic E-state index is -1.11. The van der Waals surface area contributed by atoms with E-state index in [4.69, 9.17) is 10.5 Å². The Kier molecular flexibility index (Phi) is 4.74. The summed E-state index contributed by atoms with van der Waals surface area (Å²) < 4.78 is 6.61. The molecule has 2 heterocycles. The van der Waals surface area contributed by atoms with E-state index in [9.17, 15) is 19.5 Å². The summed E-state index contributed by atoms with van der Waals surface area (Å²) in [4.78, 5) is 47.7. The van der Waals surface area contributed by atoms with Crippen molar-refractivity contribution in [3.63, 3.8) is 0 Å². The molecule has 0 aliphatic rings. The summed E-state index contributed by atoms with van der Waals surface area (Å²) in [5.41, 5.74) is 6.21. The fourth-order valence-electron chi connectivity index (χ4n) is 3.43.